The van der Waals surface area contributed by atoms with Gasteiger partial charge in [-0.15, -0.1) is 11.3 Å². The van der Waals surface area contributed by atoms with Crippen molar-refractivity contribution in [1.29, 1.82) is 0 Å². The van der Waals surface area contributed by atoms with E-state index >= 15 is 0 Å². The predicted molar refractivity (Wildman–Crippen MR) is 111 cm³/mol. The van der Waals surface area contributed by atoms with Gasteiger partial charge in [0.15, 0.2) is 28.3 Å². The number of aliphatic imine (C=N–C) groups is 1. The number of halogens is 3. The van der Waals surface area contributed by atoms with E-state index in [4.69, 9.17) is 4.74 Å². The molecule has 3 heterocycles. The molecule has 0 spiro atoms. The minimum atomic E-state index is -3.32. The Hall–Kier alpha value is -2.73. The van der Waals surface area contributed by atoms with Crippen molar-refractivity contribution >= 4 is 33.0 Å². The SMILES string of the molecule is COC(=O)C1=C2CC(CS(C)(=O)=O)CN2C(c2nccs2)=N[C@H]1c1ccc(F)c(F)c1F. The molecule has 4 rings (SSSR count). The van der Waals surface area contributed by atoms with Gasteiger partial charge in [0.25, 0.3) is 0 Å². The number of fused-ring (bicyclic) bond motifs is 1. The molecule has 0 amide bonds. The fraction of sp³-hybridized carbons (Fsp3) is 0.350. The summed E-state index contributed by atoms with van der Waals surface area (Å²) in [5.41, 5.74) is 0.0191. The summed E-state index contributed by atoms with van der Waals surface area (Å²) in [6, 6.07) is 0.475. The molecule has 0 N–H and O–H groups in total. The lowest BCUT2D eigenvalue weighted by Gasteiger charge is -2.31. The first-order valence-electron chi connectivity index (χ1n) is 9.48. The van der Waals surface area contributed by atoms with Crippen molar-refractivity contribution in [1.82, 2.24) is 9.88 Å². The molecule has 32 heavy (non-hydrogen) atoms. The summed E-state index contributed by atoms with van der Waals surface area (Å²) in [5, 5.41) is 2.16. The van der Waals surface area contributed by atoms with Crippen molar-refractivity contribution in [3.8, 4) is 0 Å². The highest BCUT2D eigenvalue weighted by Gasteiger charge is 2.43. The minimum Gasteiger partial charge on any atom is -0.466 e. The fourth-order valence-electron chi connectivity index (χ4n) is 4.06. The van der Waals surface area contributed by atoms with E-state index in [1.165, 1.54) is 11.3 Å². The molecule has 0 aliphatic carbocycles. The lowest BCUT2D eigenvalue weighted by Crippen LogP contribution is -2.36. The zero-order valence-electron chi connectivity index (χ0n) is 17.0. The molecule has 1 saturated heterocycles. The largest absolute Gasteiger partial charge is 0.466 e. The van der Waals surface area contributed by atoms with Gasteiger partial charge in [-0.2, -0.15) is 0 Å². The van der Waals surface area contributed by atoms with Crippen molar-refractivity contribution < 1.29 is 31.1 Å². The number of carbonyl (C=O) groups is 1. The lowest BCUT2D eigenvalue weighted by atomic mass is 9.93. The Bertz CT molecular complexity index is 1240. The second kappa shape index (κ2) is 8.32. The van der Waals surface area contributed by atoms with Crippen LogP contribution in [0.1, 0.15) is 23.0 Å². The molecule has 170 valence electrons. The van der Waals surface area contributed by atoms with Crippen LogP contribution in [0.3, 0.4) is 0 Å². The van der Waals surface area contributed by atoms with Crippen molar-refractivity contribution in [3.63, 3.8) is 0 Å². The van der Waals surface area contributed by atoms with E-state index in [1.807, 2.05) is 0 Å². The van der Waals surface area contributed by atoms with Crippen LogP contribution in [0.2, 0.25) is 0 Å². The van der Waals surface area contributed by atoms with Crippen molar-refractivity contribution in [3.05, 3.63) is 63.0 Å². The summed E-state index contributed by atoms with van der Waals surface area (Å²) < 4.78 is 71.0. The molecule has 1 fully saturated rings. The van der Waals surface area contributed by atoms with E-state index in [9.17, 15) is 26.4 Å². The van der Waals surface area contributed by atoms with E-state index in [0.29, 0.717) is 16.5 Å². The number of hydrogen-bond acceptors (Lipinski definition) is 8. The van der Waals surface area contributed by atoms with Gasteiger partial charge in [-0.3, -0.25) is 4.99 Å². The van der Waals surface area contributed by atoms with Crippen LogP contribution in [0, 0.1) is 23.4 Å². The number of carbonyl (C=O) groups excluding carboxylic acids is 1. The van der Waals surface area contributed by atoms with E-state index < -0.39 is 39.3 Å². The number of allylic oxidation sites excluding steroid dienone is 1. The zero-order chi connectivity index (χ0) is 23.2. The van der Waals surface area contributed by atoms with Crippen LogP contribution in [0.15, 0.2) is 40.0 Å². The smallest absolute Gasteiger partial charge is 0.338 e. The Labute approximate surface area is 186 Å². The quantitative estimate of drug-likeness (QED) is 0.478. The molecule has 0 saturated carbocycles. The summed E-state index contributed by atoms with van der Waals surface area (Å²) in [5.74, 6) is -5.51. The molecule has 0 radical (unpaired) electrons. The minimum absolute atomic E-state index is 0.0475. The van der Waals surface area contributed by atoms with E-state index in [-0.39, 0.29) is 35.8 Å². The van der Waals surface area contributed by atoms with Crippen LogP contribution >= 0.6 is 11.3 Å². The average molecular weight is 486 g/mol. The maximum atomic E-state index is 14.7. The third kappa shape index (κ3) is 4.04. The molecule has 2 aromatic rings. The summed E-state index contributed by atoms with van der Waals surface area (Å²) in [4.78, 5) is 23.2. The van der Waals surface area contributed by atoms with Gasteiger partial charge in [0.1, 0.15) is 15.9 Å². The summed E-state index contributed by atoms with van der Waals surface area (Å²) in [7, 11) is -2.18. The number of hydrogen-bond donors (Lipinski definition) is 0. The first kappa shape index (κ1) is 22.5. The highest BCUT2D eigenvalue weighted by Crippen LogP contribution is 2.43. The number of amidine groups is 1. The number of aromatic nitrogens is 1. The Morgan fingerprint density at radius 1 is 1.28 bits per heavy atom. The predicted octanol–water partition coefficient (Wildman–Crippen LogP) is 2.86. The van der Waals surface area contributed by atoms with Crippen LogP contribution in [-0.2, 0) is 19.4 Å². The Morgan fingerprint density at radius 3 is 2.66 bits per heavy atom. The number of benzene rings is 1. The van der Waals surface area contributed by atoms with E-state index in [1.54, 1.807) is 16.5 Å². The number of methoxy groups -OCH3 is 1. The molecule has 1 unspecified atom stereocenters. The molecule has 1 aromatic heterocycles. The molecular weight excluding hydrogens is 467 g/mol. The van der Waals surface area contributed by atoms with Crippen LogP contribution in [0.25, 0.3) is 0 Å². The third-order valence-corrected chi connectivity index (χ3v) is 7.11. The van der Waals surface area contributed by atoms with Gasteiger partial charge >= 0.3 is 5.97 Å². The monoisotopic (exact) mass is 485 g/mol. The highest BCUT2D eigenvalue weighted by molar-refractivity contribution is 7.90. The first-order chi connectivity index (χ1) is 15.1. The Kier molecular flexibility index (Phi) is 5.84. The molecular formula is C20H18F3N3O4S2. The van der Waals surface area contributed by atoms with E-state index in [2.05, 4.69) is 9.98 Å². The second-order valence-electron chi connectivity index (χ2n) is 7.58. The first-order valence-corrected chi connectivity index (χ1v) is 12.4. The van der Waals surface area contributed by atoms with Gasteiger partial charge in [-0.05, 0) is 18.4 Å². The van der Waals surface area contributed by atoms with Gasteiger partial charge in [-0.1, -0.05) is 6.07 Å². The van der Waals surface area contributed by atoms with Crippen LogP contribution in [0.5, 0.6) is 0 Å². The van der Waals surface area contributed by atoms with Crippen LogP contribution in [-0.4, -0.2) is 55.8 Å². The number of sulfone groups is 1. The topological polar surface area (TPSA) is 88.9 Å². The Balaban J connectivity index is 1.92. The Morgan fingerprint density at radius 2 is 2.03 bits per heavy atom. The van der Waals surface area contributed by atoms with Gasteiger partial charge in [-0.25, -0.2) is 31.4 Å². The van der Waals surface area contributed by atoms with Crippen molar-refractivity contribution in [2.45, 2.75) is 12.5 Å². The summed E-state index contributed by atoms with van der Waals surface area (Å²) in [6.45, 7) is 0.244. The highest BCUT2D eigenvalue weighted by atomic mass is 32.2. The van der Waals surface area contributed by atoms with Gasteiger partial charge in [0, 0.05) is 35.6 Å². The average Bonchev–Trinajstić information content (AvgIpc) is 3.39. The normalized spacial score (nSPS) is 20.9. The number of nitrogens with zero attached hydrogens (tertiary/aromatic N) is 3. The standard InChI is InChI=1S/C20H18F3N3O4S2/c1-30-20(27)14-13-7-10(9-32(2,28)29)8-26(13)18(19-24-5-6-31-19)25-17(14)11-3-4-12(21)16(23)15(11)22/h3-6,10,17H,7-9H2,1-2H3/t10?,17-/m0/s1. The number of thiazole rings is 1. The molecule has 7 nitrogen and oxygen atoms in total. The molecule has 0 bridgehead atoms. The summed E-state index contributed by atoms with van der Waals surface area (Å²) in [6.07, 6.45) is 2.85. The number of ether oxygens (including phenoxy) is 1. The molecule has 1 aromatic carbocycles. The maximum absolute atomic E-state index is 14.7. The lowest BCUT2D eigenvalue weighted by molar-refractivity contribution is -0.136. The van der Waals surface area contributed by atoms with Gasteiger partial charge in [0.05, 0.1) is 18.4 Å². The van der Waals surface area contributed by atoms with E-state index in [0.717, 1.165) is 25.5 Å². The second-order valence-corrected chi connectivity index (χ2v) is 10.7. The van der Waals surface area contributed by atoms with Gasteiger partial charge < -0.3 is 9.64 Å². The van der Waals surface area contributed by atoms with Crippen molar-refractivity contribution in [2.75, 3.05) is 25.7 Å². The molecule has 12 heteroatoms. The van der Waals surface area contributed by atoms with Crippen molar-refractivity contribution in [2.24, 2.45) is 10.9 Å². The zero-order valence-corrected chi connectivity index (χ0v) is 18.6. The maximum Gasteiger partial charge on any atom is 0.338 e. The number of esters is 1. The van der Waals surface area contributed by atoms with Gasteiger partial charge in [0.2, 0.25) is 0 Å². The molecule has 2 aliphatic rings. The van der Waals surface area contributed by atoms with Crippen LogP contribution < -0.4 is 0 Å². The fourth-order valence-corrected chi connectivity index (χ4v) is 5.78. The molecule has 2 atom stereocenters. The molecule has 2 aliphatic heterocycles. The summed E-state index contributed by atoms with van der Waals surface area (Å²) >= 11 is 1.25. The third-order valence-electron chi connectivity index (χ3n) is 5.27. The number of rotatable bonds is 5. The van der Waals surface area contributed by atoms with Crippen LogP contribution in [0.4, 0.5) is 13.2 Å².